The third-order valence-corrected chi connectivity index (χ3v) is 5.70. The van der Waals surface area contributed by atoms with E-state index in [1.807, 2.05) is 26.0 Å². The van der Waals surface area contributed by atoms with E-state index in [4.69, 9.17) is 5.73 Å². The predicted molar refractivity (Wildman–Crippen MR) is 107 cm³/mol. The number of nitrogens with one attached hydrogen (secondary N) is 1. The number of benzene rings is 1. The molecular formula is C16H26IN3O2S. The smallest absolute Gasteiger partial charge is 0.193 e. The number of aryl methyl sites for hydroxylation is 2. The molecule has 0 radical (unpaired) electrons. The fourth-order valence-corrected chi connectivity index (χ4v) is 4.42. The lowest BCUT2D eigenvalue weighted by atomic mass is 9.99. The molecule has 1 fully saturated rings. The minimum Gasteiger partial charge on any atom is -0.370 e. The van der Waals surface area contributed by atoms with Crippen LogP contribution in [-0.4, -0.2) is 32.4 Å². The third kappa shape index (κ3) is 7.07. The summed E-state index contributed by atoms with van der Waals surface area (Å²) in [5.74, 6) is 1.49. The van der Waals surface area contributed by atoms with E-state index >= 15 is 0 Å². The molecule has 1 heterocycles. The van der Waals surface area contributed by atoms with Gasteiger partial charge < -0.3 is 11.1 Å². The Morgan fingerprint density at radius 1 is 1.22 bits per heavy atom. The fraction of sp³-hybridized carbons (Fsp3) is 0.562. The number of hydrogen-bond acceptors (Lipinski definition) is 3. The summed E-state index contributed by atoms with van der Waals surface area (Å²) in [5, 5.41) is 3.11. The Hall–Kier alpha value is -0.830. The average molecular weight is 451 g/mol. The van der Waals surface area contributed by atoms with Crippen molar-refractivity contribution in [2.75, 3.05) is 23.4 Å². The van der Waals surface area contributed by atoms with Crippen LogP contribution < -0.4 is 11.1 Å². The van der Waals surface area contributed by atoms with Crippen LogP contribution in [0.15, 0.2) is 23.2 Å². The maximum absolute atomic E-state index is 11.4. The second kappa shape index (κ2) is 8.86. The zero-order chi connectivity index (χ0) is 16.2. The quantitative estimate of drug-likeness (QED) is 0.419. The lowest BCUT2D eigenvalue weighted by Gasteiger charge is -2.20. The Labute approximate surface area is 156 Å². The molecule has 7 heteroatoms. The summed E-state index contributed by atoms with van der Waals surface area (Å²) < 4.78 is 22.8. The Balaban J connectivity index is 0.00000264. The zero-order valence-corrected chi connectivity index (χ0v) is 16.9. The number of halogens is 1. The van der Waals surface area contributed by atoms with E-state index in [0.717, 1.165) is 24.9 Å². The summed E-state index contributed by atoms with van der Waals surface area (Å²) in [6.45, 7) is 4.72. The van der Waals surface area contributed by atoms with Crippen LogP contribution in [0.4, 0.5) is 5.69 Å². The minimum atomic E-state index is -2.78. The van der Waals surface area contributed by atoms with Crippen molar-refractivity contribution < 1.29 is 8.42 Å². The molecule has 23 heavy (non-hydrogen) atoms. The van der Waals surface area contributed by atoms with E-state index in [9.17, 15) is 8.42 Å². The first kappa shape index (κ1) is 20.2. The van der Waals surface area contributed by atoms with Crippen LogP contribution in [0.1, 0.15) is 30.4 Å². The Morgan fingerprint density at radius 3 is 2.35 bits per heavy atom. The Morgan fingerprint density at radius 2 is 1.78 bits per heavy atom. The molecule has 0 aromatic heterocycles. The van der Waals surface area contributed by atoms with Crippen LogP contribution in [0.3, 0.4) is 0 Å². The number of rotatable bonds is 4. The van der Waals surface area contributed by atoms with Crippen molar-refractivity contribution in [3.05, 3.63) is 29.3 Å². The Bertz CT molecular complexity index is 625. The highest BCUT2D eigenvalue weighted by Gasteiger charge is 2.22. The van der Waals surface area contributed by atoms with Gasteiger partial charge in [-0.3, -0.25) is 4.99 Å². The van der Waals surface area contributed by atoms with Gasteiger partial charge in [0.2, 0.25) is 0 Å². The first-order valence-corrected chi connectivity index (χ1v) is 9.52. The highest BCUT2D eigenvalue weighted by molar-refractivity contribution is 14.0. The van der Waals surface area contributed by atoms with Gasteiger partial charge in [-0.15, -0.1) is 24.0 Å². The van der Waals surface area contributed by atoms with E-state index < -0.39 is 9.84 Å². The molecule has 3 N–H and O–H groups in total. The van der Waals surface area contributed by atoms with Gasteiger partial charge in [-0.25, -0.2) is 8.42 Å². The molecular weight excluding hydrogens is 425 g/mol. The summed E-state index contributed by atoms with van der Waals surface area (Å²) in [7, 11) is -2.78. The summed E-state index contributed by atoms with van der Waals surface area (Å²) in [5.41, 5.74) is 9.21. The second-order valence-corrected chi connectivity index (χ2v) is 8.46. The molecule has 2 rings (SSSR count). The summed E-state index contributed by atoms with van der Waals surface area (Å²) in [4.78, 5) is 4.34. The van der Waals surface area contributed by atoms with Crippen molar-refractivity contribution >= 4 is 45.5 Å². The van der Waals surface area contributed by atoms with Gasteiger partial charge in [0.15, 0.2) is 5.96 Å². The van der Waals surface area contributed by atoms with Crippen LogP contribution in [0.25, 0.3) is 0 Å². The SMILES string of the molecule is Cc1cc(C)cc(NC(N)=NCCC2CCS(=O)(=O)CC2)c1.I. The molecule has 0 aliphatic carbocycles. The van der Waals surface area contributed by atoms with Gasteiger partial charge in [0.05, 0.1) is 11.5 Å². The van der Waals surface area contributed by atoms with Crippen LogP contribution in [0, 0.1) is 19.8 Å². The number of nitrogens with zero attached hydrogens (tertiary/aromatic N) is 1. The van der Waals surface area contributed by atoms with Crippen LogP contribution in [-0.2, 0) is 9.84 Å². The summed E-state index contributed by atoms with van der Waals surface area (Å²) in [6.07, 6.45) is 2.40. The zero-order valence-electron chi connectivity index (χ0n) is 13.7. The van der Waals surface area contributed by atoms with Crippen LogP contribution in [0.5, 0.6) is 0 Å². The molecule has 5 nitrogen and oxygen atoms in total. The number of nitrogens with two attached hydrogens (primary N) is 1. The van der Waals surface area contributed by atoms with Gasteiger partial charge in [0.25, 0.3) is 0 Å². The molecule has 1 aromatic carbocycles. The number of guanidine groups is 1. The molecule has 0 atom stereocenters. The van der Waals surface area contributed by atoms with E-state index in [1.165, 1.54) is 11.1 Å². The first-order chi connectivity index (χ1) is 10.3. The first-order valence-electron chi connectivity index (χ1n) is 7.70. The van der Waals surface area contributed by atoms with Crippen molar-refractivity contribution in [3.8, 4) is 0 Å². The van der Waals surface area contributed by atoms with Gasteiger partial charge in [0, 0.05) is 12.2 Å². The van der Waals surface area contributed by atoms with E-state index in [2.05, 4.69) is 16.4 Å². The molecule has 0 unspecified atom stereocenters. The third-order valence-electron chi connectivity index (χ3n) is 3.99. The van der Waals surface area contributed by atoms with Crippen molar-refractivity contribution in [1.82, 2.24) is 0 Å². The minimum absolute atomic E-state index is 0. The molecule has 0 spiro atoms. The van der Waals surface area contributed by atoms with Crippen molar-refractivity contribution in [3.63, 3.8) is 0 Å². The van der Waals surface area contributed by atoms with Gasteiger partial charge in [-0.05, 0) is 62.3 Å². The van der Waals surface area contributed by atoms with E-state index in [0.29, 0.717) is 29.9 Å². The topological polar surface area (TPSA) is 84.5 Å². The molecule has 1 aromatic rings. The standard InChI is InChI=1S/C16H25N3O2S.HI/c1-12-9-13(2)11-15(10-12)19-16(17)18-6-3-14-4-7-22(20,21)8-5-14;/h9-11,14H,3-8H2,1-2H3,(H3,17,18,19);1H. The van der Waals surface area contributed by atoms with Gasteiger partial charge >= 0.3 is 0 Å². The maximum atomic E-state index is 11.4. The van der Waals surface area contributed by atoms with Gasteiger partial charge in [0.1, 0.15) is 9.84 Å². The number of sulfone groups is 1. The number of hydrogen-bond donors (Lipinski definition) is 2. The lowest BCUT2D eigenvalue weighted by molar-refractivity contribution is 0.441. The largest absolute Gasteiger partial charge is 0.370 e. The molecule has 130 valence electrons. The summed E-state index contributed by atoms with van der Waals surface area (Å²) in [6, 6.07) is 6.17. The molecule has 1 saturated heterocycles. The lowest BCUT2D eigenvalue weighted by Crippen LogP contribution is -2.25. The molecule has 1 aliphatic rings. The highest BCUT2D eigenvalue weighted by Crippen LogP contribution is 2.21. The monoisotopic (exact) mass is 451 g/mol. The van der Waals surface area contributed by atoms with Crippen molar-refractivity contribution in [2.45, 2.75) is 33.1 Å². The normalized spacial score (nSPS) is 18.3. The molecule has 1 aliphatic heterocycles. The number of aliphatic imine (C=N–C) groups is 1. The van der Waals surface area contributed by atoms with Crippen molar-refractivity contribution in [1.29, 1.82) is 0 Å². The van der Waals surface area contributed by atoms with Gasteiger partial charge in [-0.1, -0.05) is 6.07 Å². The fourth-order valence-electron chi connectivity index (χ4n) is 2.83. The van der Waals surface area contributed by atoms with E-state index in [-0.39, 0.29) is 24.0 Å². The maximum Gasteiger partial charge on any atom is 0.193 e. The molecule has 0 amide bonds. The van der Waals surface area contributed by atoms with Crippen LogP contribution >= 0.6 is 24.0 Å². The van der Waals surface area contributed by atoms with Crippen LogP contribution in [0.2, 0.25) is 0 Å². The second-order valence-electron chi connectivity index (χ2n) is 6.15. The predicted octanol–water partition coefficient (Wildman–Crippen LogP) is 2.86. The number of anilines is 1. The molecule has 0 saturated carbocycles. The Kier molecular flexibility index (Phi) is 7.79. The van der Waals surface area contributed by atoms with Crippen molar-refractivity contribution in [2.24, 2.45) is 16.6 Å². The average Bonchev–Trinajstić information content (AvgIpc) is 2.39. The molecule has 0 bridgehead atoms. The summed E-state index contributed by atoms with van der Waals surface area (Å²) >= 11 is 0. The van der Waals surface area contributed by atoms with Gasteiger partial charge in [-0.2, -0.15) is 0 Å². The highest BCUT2D eigenvalue weighted by atomic mass is 127. The van der Waals surface area contributed by atoms with E-state index in [1.54, 1.807) is 0 Å².